The number of benzene rings is 1. The highest BCUT2D eigenvalue weighted by atomic mass is 16.5. The molecule has 0 heterocycles. The third-order valence-corrected chi connectivity index (χ3v) is 3.22. The Morgan fingerprint density at radius 1 is 1.33 bits per heavy atom. The molecule has 1 aliphatic carbocycles. The molecule has 0 aliphatic heterocycles. The molecule has 1 atom stereocenters. The van der Waals surface area contributed by atoms with Gasteiger partial charge in [-0.05, 0) is 37.5 Å². The van der Waals surface area contributed by atoms with Crippen LogP contribution in [0.1, 0.15) is 25.3 Å². The van der Waals surface area contributed by atoms with Crippen LogP contribution in [-0.4, -0.2) is 30.5 Å². The minimum absolute atomic E-state index is 0.122. The molecule has 0 saturated heterocycles. The number of ether oxygens (including phenoxy) is 1. The molecule has 1 fully saturated rings. The maximum Gasteiger partial charge on any atom is 0.258 e. The van der Waals surface area contributed by atoms with Crippen LogP contribution in [0.3, 0.4) is 0 Å². The van der Waals surface area contributed by atoms with Gasteiger partial charge in [-0.25, -0.2) is 0 Å². The van der Waals surface area contributed by atoms with Crippen molar-refractivity contribution in [1.82, 2.24) is 10.6 Å². The highest BCUT2D eigenvalue weighted by Gasteiger charge is 2.26. The number of nitrogens with two attached hydrogens (primary N) is 1. The maximum absolute atomic E-state index is 11.7. The second-order valence-electron chi connectivity index (χ2n) is 5.21. The summed E-state index contributed by atoms with van der Waals surface area (Å²) >= 11 is 0. The number of amides is 2. The van der Waals surface area contributed by atoms with Gasteiger partial charge in [-0.1, -0.05) is 12.1 Å². The lowest BCUT2D eigenvalue weighted by atomic mass is 10.2. The van der Waals surface area contributed by atoms with E-state index >= 15 is 0 Å². The molecule has 2 amide bonds. The van der Waals surface area contributed by atoms with Gasteiger partial charge in [0.05, 0.1) is 0 Å². The van der Waals surface area contributed by atoms with Crippen molar-refractivity contribution in [1.29, 1.82) is 0 Å². The first-order chi connectivity index (χ1) is 10.1. The van der Waals surface area contributed by atoms with E-state index in [4.69, 9.17) is 10.5 Å². The summed E-state index contributed by atoms with van der Waals surface area (Å²) in [6.07, 6.45) is 2.04. The fourth-order valence-electron chi connectivity index (χ4n) is 1.77. The minimum atomic E-state index is -0.554. The molecule has 114 valence electrons. The molecule has 1 aromatic carbocycles. The zero-order valence-corrected chi connectivity index (χ0v) is 12.1. The van der Waals surface area contributed by atoms with Crippen LogP contribution in [0.4, 0.5) is 0 Å². The summed E-state index contributed by atoms with van der Waals surface area (Å²) < 4.78 is 5.36. The highest BCUT2D eigenvalue weighted by Crippen LogP contribution is 2.18. The van der Waals surface area contributed by atoms with Crippen molar-refractivity contribution in [3.05, 3.63) is 29.8 Å². The Morgan fingerprint density at radius 3 is 2.57 bits per heavy atom. The molecule has 1 saturated carbocycles. The molecule has 1 aromatic rings. The van der Waals surface area contributed by atoms with Gasteiger partial charge in [-0.2, -0.15) is 0 Å². The summed E-state index contributed by atoms with van der Waals surface area (Å²) in [6.45, 7) is 2.00. The van der Waals surface area contributed by atoms with Crippen LogP contribution in [-0.2, 0) is 16.1 Å². The Kier molecular flexibility index (Phi) is 5.16. The van der Waals surface area contributed by atoms with E-state index in [2.05, 4.69) is 10.6 Å². The van der Waals surface area contributed by atoms with Crippen molar-refractivity contribution in [3.8, 4) is 5.75 Å². The van der Waals surface area contributed by atoms with Crippen molar-refractivity contribution in [3.63, 3.8) is 0 Å². The van der Waals surface area contributed by atoms with Gasteiger partial charge in [0.25, 0.3) is 5.91 Å². The second kappa shape index (κ2) is 7.08. The Bertz CT molecular complexity index is 497. The average Bonchev–Trinajstić information content (AvgIpc) is 3.29. The Balaban J connectivity index is 1.71. The zero-order valence-electron chi connectivity index (χ0n) is 12.1. The minimum Gasteiger partial charge on any atom is -0.484 e. The third kappa shape index (κ3) is 5.07. The summed E-state index contributed by atoms with van der Waals surface area (Å²) in [5.74, 6) is 0.118. The summed E-state index contributed by atoms with van der Waals surface area (Å²) in [5, 5.41) is 5.45. The Hall–Kier alpha value is -2.08. The first-order valence-electron chi connectivity index (χ1n) is 7.10. The maximum atomic E-state index is 11.7. The number of nitrogens with one attached hydrogen (secondary N) is 2. The fourth-order valence-corrected chi connectivity index (χ4v) is 1.77. The predicted octanol–water partition coefficient (Wildman–Crippen LogP) is 0.307. The molecule has 0 aromatic heterocycles. The Labute approximate surface area is 124 Å². The monoisotopic (exact) mass is 291 g/mol. The van der Waals surface area contributed by atoms with Gasteiger partial charge in [-0.3, -0.25) is 9.59 Å². The molecule has 1 aliphatic rings. The molecular formula is C15H21N3O3. The van der Waals surface area contributed by atoms with Crippen molar-refractivity contribution in [2.45, 2.75) is 38.4 Å². The summed E-state index contributed by atoms with van der Waals surface area (Å²) in [5.41, 5.74) is 6.50. The molecule has 0 radical (unpaired) electrons. The van der Waals surface area contributed by atoms with E-state index in [9.17, 15) is 9.59 Å². The largest absolute Gasteiger partial charge is 0.484 e. The normalized spacial score (nSPS) is 15.1. The van der Waals surface area contributed by atoms with Gasteiger partial charge in [0.1, 0.15) is 11.8 Å². The van der Waals surface area contributed by atoms with E-state index in [0.717, 1.165) is 18.4 Å². The van der Waals surface area contributed by atoms with Crippen LogP contribution < -0.4 is 21.1 Å². The van der Waals surface area contributed by atoms with Gasteiger partial charge >= 0.3 is 0 Å². The first kappa shape index (κ1) is 15.3. The van der Waals surface area contributed by atoms with Crippen LogP contribution in [0, 0.1) is 0 Å². The lowest BCUT2D eigenvalue weighted by Gasteiger charge is -2.14. The molecule has 1 unspecified atom stereocenters. The van der Waals surface area contributed by atoms with Gasteiger partial charge in [0, 0.05) is 12.6 Å². The number of carbonyl (C=O) groups is 2. The molecule has 2 rings (SSSR count). The van der Waals surface area contributed by atoms with Gasteiger partial charge in [0.15, 0.2) is 6.61 Å². The molecule has 0 spiro atoms. The van der Waals surface area contributed by atoms with Crippen molar-refractivity contribution >= 4 is 11.8 Å². The van der Waals surface area contributed by atoms with E-state index in [1.54, 1.807) is 19.1 Å². The third-order valence-electron chi connectivity index (χ3n) is 3.22. The lowest BCUT2D eigenvalue weighted by molar-refractivity contribution is -0.129. The Morgan fingerprint density at radius 2 is 2.00 bits per heavy atom. The van der Waals surface area contributed by atoms with Gasteiger partial charge in [-0.15, -0.1) is 0 Å². The molecule has 4 N–H and O–H groups in total. The van der Waals surface area contributed by atoms with Crippen LogP contribution in [0.2, 0.25) is 0 Å². The molecular weight excluding hydrogens is 270 g/mol. The van der Waals surface area contributed by atoms with Crippen LogP contribution in [0.5, 0.6) is 5.75 Å². The first-order valence-corrected chi connectivity index (χ1v) is 7.10. The van der Waals surface area contributed by atoms with Crippen LogP contribution in [0.15, 0.2) is 24.3 Å². The van der Waals surface area contributed by atoms with Crippen molar-refractivity contribution < 1.29 is 14.3 Å². The smallest absolute Gasteiger partial charge is 0.258 e. The van der Waals surface area contributed by atoms with Gasteiger partial charge in [0.2, 0.25) is 5.91 Å². The SMILES string of the molecule is CC(NC(=O)COc1ccc(CN)cc1)C(=O)NC1CC1. The van der Waals surface area contributed by atoms with Crippen molar-refractivity contribution in [2.24, 2.45) is 5.73 Å². The van der Waals surface area contributed by atoms with E-state index in [1.165, 1.54) is 0 Å². The number of carbonyl (C=O) groups excluding carboxylic acids is 2. The quantitative estimate of drug-likeness (QED) is 0.674. The highest BCUT2D eigenvalue weighted by molar-refractivity contribution is 5.88. The topological polar surface area (TPSA) is 93.4 Å². The fraction of sp³-hybridized carbons (Fsp3) is 0.467. The average molecular weight is 291 g/mol. The molecule has 0 bridgehead atoms. The van der Waals surface area contributed by atoms with E-state index in [1.807, 2.05) is 12.1 Å². The molecule has 6 heteroatoms. The van der Waals surface area contributed by atoms with E-state index < -0.39 is 6.04 Å². The van der Waals surface area contributed by atoms with Gasteiger partial charge < -0.3 is 21.1 Å². The van der Waals surface area contributed by atoms with Crippen molar-refractivity contribution in [2.75, 3.05) is 6.61 Å². The summed E-state index contributed by atoms with van der Waals surface area (Å²) in [7, 11) is 0. The van der Waals surface area contributed by atoms with E-state index in [-0.39, 0.29) is 24.5 Å². The van der Waals surface area contributed by atoms with Crippen LogP contribution in [0.25, 0.3) is 0 Å². The predicted molar refractivity (Wildman–Crippen MR) is 78.6 cm³/mol. The molecule has 6 nitrogen and oxygen atoms in total. The van der Waals surface area contributed by atoms with E-state index in [0.29, 0.717) is 12.3 Å². The number of rotatable bonds is 7. The zero-order chi connectivity index (χ0) is 15.2. The number of hydrogen-bond donors (Lipinski definition) is 3. The summed E-state index contributed by atoms with van der Waals surface area (Å²) in [6, 6.07) is 6.95. The standard InChI is InChI=1S/C15H21N3O3/c1-10(15(20)18-12-4-5-12)17-14(19)9-21-13-6-2-11(8-16)3-7-13/h2-3,6-7,10,12H,4-5,8-9,16H2,1H3,(H,17,19)(H,18,20). The number of hydrogen-bond acceptors (Lipinski definition) is 4. The molecule has 21 heavy (non-hydrogen) atoms. The second-order valence-corrected chi connectivity index (χ2v) is 5.21. The lowest BCUT2D eigenvalue weighted by Crippen LogP contribution is -2.46. The summed E-state index contributed by atoms with van der Waals surface area (Å²) in [4.78, 5) is 23.4. The van der Waals surface area contributed by atoms with Crippen LogP contribution >= 0.6 is 0 Å².